The molecule has 0 bridgehead atoms. The number of methoxy groups -OCH3 is 1. The third-order valence-electron chi connectivity index (χ3n) is 4.11. The summed E-state index contributed by atoms with van der Waals surface area (Å²) in [7, 11) is 1.61. The van der Waals surface area contributed by atoms with E-state index in [1.807, 2.05) is 43.5 Å². The lowest BCUT2D eigenvalue weighted by molar-refractivity contribution is -0.116. The van der Waals surface area contributed by atoms with Crippen molar-refractivity contribution >= 4 is 11.5 Å². The molecule has 0 aliphatic carbocycles. The first-order chi connectivity index (χ1) is 12.6. The SMILES string of the molecule is C=C/C=C(/C(=O)NC(C)CCCc1cccnc1)c1cccc(OC)c1. The Kier molecular flexibility index (Phi) is 7.62. The predicted octanol–water partition coefficient (Wildman–Crippen LogP) is 4.19. The molecule has 136 valence electrons. The van der Waals surface area contributed by atoms with Gasteiger partial charge in [0.15, 0.2) is 0 Å². The average molecular weight is 350 g/mol. The van der Waals surface area contributed by atoms with Crippen LogP contribution in [-0.4, -0.2) is 24.0 Å². The van der Waals surface area contributed by atoms with Crippen LogP contribution in [-0.2, 0) is 11.2 Å². The van der Waals surface area contributed by atoms with Gasteiger partial charge in [-0.3, -0.25) is 9.78 Å². The number of rotatable bonds is 9. The number of amides is 1. The summed E-state index contributed by atoms with van der Waals surface area (Å²) in [5, 5.41) is 3.08. The first kappa shape index (κ1) is 19.4. The Balaban J connectivity index is 1.94. The van der Waals surface area contributed by atoms with Crippen molar-refractivity contribution in [3.63, 3.8) is 0 Å². The van der Waals surface area contributed by atoms with Gasteiger partial charge in [0.2, 0.25) is 0 Å². The summed E-state index contributed by atoms with van der Waals surface area (Å²) in [4.78, 5) is 16.8. The Morgan fingerprint density at radius 2 is 2.19 bits per heavy atom. The first-order valence-corrected chi connectivity index (χ1v) is 8.81. The van der Waals surface area contributed by atoms with Gasteiger partial charge in [-0.2, -0.15) is 0 Å². The molecule has 0 saturated carbocycles. The van der Waals surface area contributed by atoms with E-state index in [9.17, 15) is 4.79 Å². The summed E-state index contributed by atoms with van der Waals surface area (Å²) in [6.07, 6.45) is 9.87. The molecular formula is C22H26N2O2. The zero-order valence-electron chi connectivity index (χ0n) is 15.4. The van der Waals surface area contributed by atoms with Crippen molar-refractivity contribution in [1.82, 2.24) is 10.3 Å². The monoisotopic (exact) mass is 350 g/mol. The first-order valence-electron chi connectivity index (χ1n) is 8.81. The van der Waals surface area contributed by atoms with E-state index < -0.39 is 0 Å². The second-order valence-electron chi connectivity index (χ2n) is 6.18. The van der Waals surface area contributed by atoms with E-state index in [1.54, 1.807) is 25.5 Å². The fourth-order valence-corrected chi connectivity index (χ4v) is 2.74. The lowest BCUT2D eigenvalue weighted by atomic mass is 10.0. The van der Waals surface area contributed by atoms with Crippen LogP contribution < -0.4 is 10.1 Å². The van der Waals surface area contributed by atoms with Crippen LogP contribution in [0.1, 0.15) is 30.9 Å². The number of allylic oxidation sites excluding steroid dienone is 2. The fraction of sp³-hybridized carbons (Fsp3) is 0.273. The number of aryl methyl sites for hydroxylation is 1. The molecule has 1 heterocycles. The standard InChI is InChI=1S/C22H26N2O2/c1-4-8-21(19-12-6-13-20(15-19)26-3)22(25)24-17(2)9-5-10-18-11-7-14-23-16-18/h4,6-8,11-17H,1,5,9-10H2,2-3H3,(H,24,25)/b21-8+. The fourth-order valence-electron chi connectivity index (χ4n) is 2.74. The minimum Gasteiger partial charge on any atom is -0.497 e. The quantitative estimate of drug-likeness (QED) is 0.545. The smallest absolute Gasteiger partial charge is 0.252 e. The number of ether oxygens (including phenoxy) is 1. The highest BCUT2D eigenvalue weighted by Gasteiger charge is 2.14. The van der Waals surface area contributed by atoms with Crippen LogP contribution in [0.5, 0.6) is 5.75 Å². The highest BCUT2D eigenvalue weighted by molar-refractivity contribution is 6.20. The summed E-state index contributed by atoms with van der Waals surface area (Å²) in [5.41, 5.74) is 2.61. The van der Waals surface area contributed by atoms with Gasteiger partial charge < -0.3 is 10.1 Å². The topological polar surface area (TPSA) is 51.2 Å². The van der Waals surface area contributed by atoms with Gasteiger partial charge >= 0.3 is 0 Å². The summed E-state index contributed by atoms with van der Waals surface area (Å²) in [5.74, 6) is 0.613. The van der Waals surface area contributed by atoms with E-state index in [4.69, 9.17) is 4.74 Å². The van der Waals surface area contributed by atoms with Crippen LogP contribution in [0.4, 0.5) is 0 Å². The molecule has 1 amide bonds. The molecule has 1 aromatic heterocycles. The van der Waals surface area contributed by atoms with Gasteiger partial charge in [0.05, 0.1) is 7.11 Å². The lowest BCUT2D eigenvalue weighted by Crippen LogP contribution is -2.33. The molecule has 0 spiro atoms. The molecular weight excluding hydrogens is 324 g/mol. The molecule has 1 atom stereocenters. The molecule has 1 aromatic carbocycles. The highest BCUT2D eigenvalue weighted by Crippen LogP contribution is 2.21. The van der Waals surface area contributed by atoms with Gasteiger partial charge in [-0.1, -0.05) is 30.9 Å². The van der Waals surface area contributed by atoms with Crippen molar-refractivity contribution in [1.29, 1.82) is 0 Å². The number of carbonyl (C=O) groups is 1. The molecule has 0 aliphatic heterocycles. The third kappa shape index (κ3) is 5.88. The molecule has 4 nitrogen and oxygen atoms in total. The Morgan fingerprint density at radius 1 is 1.35 bits per heavy atom. The van der Waals surface area contributed by atoms with Crippen molar-refractivity contribution in [3.05, 3.63) is 78.6 Å². The molecule has 2 aromatic rings. The Morgan fingerprint density at radius 3 is 2.88 bits per heavy atom. The van der Waals surface area contributed by atoms with E-state index in [1.165, 1.54) is 5.56 Å². The Labute approximate surface area is 155 Å². The maximum atomic E-state index is 12.7. The average Bonchev–Trinajstić information content (AvgIpc) is 2.66. The van der Waals surface area contributed by atoms with Crippen LogP contribution in [0.2, 0.25) is 0 Å². The minimum atomic E-state index is -0.105. The summed E-state index contributed by atoms with van der Waals surface area (Å²) >= 11 is 0. The molecule has 0 fully saturated rings. The molecule has 26 heavy (non-hydrogen) atoms. The van der Waals surface area contributed by atoms with E-state index in [-0.39, 0.29) is 11.9 Å². The van der Waals surface area contributed by atoms with Crippen molar-refractivity contribution < 1.29 is 9.53 Å². The molecule has 0 saturated heterocycles. The summed E-state index contributed by atoms with van der Waals surface area (Å²) in [6.45, 7) is 5.75. The number of pyridine rings is 1. The van der Waals surface area contributed by atoms with Gasteiger partial charge in [-0.05, 0) is 61.6 Å². The highest BCUT2D eigenvalue weighted by atomic mass is 16.5. The molecule has 2 rings (SSSR count). The van der Waals surface area contributed by atoms with Gasteiger partial charge in [-0.25, -0.2) is 0 Å². The maximum Gasteiger partial charge on any atom is 0.252 e. The van der Waals surface area contributed by atoms with Crippen LogP contribution in [0.15, 0.2) is 67.5 Å². The zero-order chi connectivity index (χ0) is 18.8. The third-order valence-corrected chi connectivity index (χ3v) is 4.11. The van der Waals surface area contributed by atoms with Gasteiger partial charge in [-0.15, -0.1) is 0 Å². The van der Waals surface area contributed by atoms with Gasteiger partial charge in [0.25, 0.3) is 5.91 Å². The van der Waals surface area contributed by atoms with E-state index in [0.717, 1.165) is 30.6 Å². The number of hydrogen-bond donors (Lipinski definition) is 1. The zero-order valence-corrected chi connectivity index (χ0v) is 15.4. The van der Waals surface area contributed by atoms with Gasteiger partial charge in [0, 0.05) is 24.0 Å². The molecule has 4 heteroatoms. The van der Waals surface area contributed by atoms with Gasteiger partial charge in [0.1, 0.15) is 5.75 Å². The maximum absolute atomic E-state index is 12.7. The van der Waals surface area contributed by atoms with Crippen LogP contribution in [0.25, 0.3) is 5.57 Å². The molecule has 1 unspecified atom stereocenters. The van der Waals surface area contributed by atoms with Crippen molar-refractivity contribution in [3.8, 4) is 5.75 Å². The number of nitrogens with zero attached hydrogens (tertiary/aromatic N) is 1. The normalized spacial score (nSPS) is 12.3. The predicted molar refractivity (Wildman–Crippen MR) is 106 cm³/mol. The second kappa shape index (κ2) is 10.2. The van der Waals surface area contributed by atoms with Crippen molar-refractivity contribution in [2.45, 2.75) is 32.2 Å². The second-order valence-corrected chi connectivity index (χ2v) is 6.18. The van der Waals surface area contributed by atoms with E-state index in [0.29, 0.717) is 5.57 Å². The number of nitrogens with one attached hydrogen (secondary N) is 1. The number of hydrogen-bond acceptors (Lipinski definition) is 3. The van der Waals surface area contributed by atoms with Crippen LogP contribution in [0, 0.1) is 0 Å². The minimum absolute atomic E-state index is 0.0815. The van der Waals surface area contributed by atoms with E-state index in [2.05, 4.69) is 22.9 Å². The van der Waals surface area contributed by atoms with Crippen LogP contribution in [0.3, 0.4) is 0 Å². The molecule has 0 radical (unpaired) electrons. The van der Waals surface area contributed by atoms with Crippen LogP contribution >= 0.6 is 0 Å². The molecule has 1 N–H and O–H groups in total. The summed E-state index contributed by atoms with van der Waals surface area (Å²) in [6, 6.07) is 11.6. The van der Waals surface area contributed by atoms with Crippen molar-refractivity contribution in [2.24, 2.45) is 0 Å². The summed E-state index contributed by atoms with van der Waals surface area (Å²) < 4.78 is 5.25. The van der Waals surface area contributed by atoms with Crippen molar-refractivity contribution in [2.75, 3.05) is 7.11 Å². The molecule has 0 aliphatic rings. The largest absolute Gasteiger partial charge is 0.497 e. The number of aromatic nitrogens is 1. The lowest BCUT2D eigenvalue weighted by Gasteiger charge is -2.16. The Bertz CT molecular complexity index is 754. The number of benzene rings is 1. The number of carbonyl (C=O) groups excluding carboxylic acids is 1. The van der Waals surface area contributed by atoms with E-state index >= 15 is 0 Å². The Hall–Kier alpha value is -2.88.